The van der Waals surface area contributed by atoms with E-state index < -0.39 is 0 Å². The molecule has 5 heteroatoms. The minimum absolute atomic E-state index is 0.00532. The molecule has 1 atom stereocenters. The Kier molecular flexibility index (Phi) is 5.90. The highest BCUT2D eigenvalue weighted by molar-refractivity contribution is 14.1. The maximum absolute atomic E-state index is 12.3. The van der Waals surface area contributed by atoms with Crippen LogP contribution in [0, 0.1) is 3.57 Å². The lowest BCUT2D eigenvalue weighted by Crippen LogP contribution is -2.34. The van der Waals surface area contributed by atoms with Gasteiger partial charge < -0.3 is 5.32 Å². The maximum atomic E-state index is 12.3. The van der Waals surface area contributed by atoms with Crippen LogP contribution in [0.25, 0.3) is 0 Å². The van der Waals surface area contributed by atoms with E-state index in [-0.39, 0.29) is 11.9 Å². The minimum Gasteiger partial charge on any atom is -0.349 e. The lowest BCUT2D eigenvalue weighted by molar-refractivity contribution is 0.0939. The SMILES string of the molecule is CC(Cc1cccc(Cl)c1)NC(=O)c1cc(Cl)ccc1I. The summed E-state index contributed by atoms with van der Waals surface area (Å²) in [6.07, 6.45) is 0.726. The molecule has 2 aromatic carbocycles. The lowest BCUT2D eigenvalue weighted by atomic mass is 10.1. The van der Waals surface area contributed by atoms with Crippen LogP contribution >= 0.6 is 45.8 Å². The van der Waals surface area contributed by atoms with Gasteiger partial charge in [-0.2, -0.15) is 0 Å². The van der Waals surface area contributed by atoms with Crippen molar-refractivity contribution in [2.24, 2.45) is 0 Å². The fourth-order valence-corrected chi connectivity index (χ4v) is 3.01. The Bertz CT molecular complexity index is 660. The molecule has 1 amide bonds. The molecule has 0 saturated carbocycles. The van der Waals surface area contributed by atoms with Gasteiger partial charge in [0.15, 0.2) is 0 Å². The predicted molar refractivity (Wildman–Crippen MR) is 96.3 cm³/mol. The largest absolute Gasteiger partial charge is 0.349 e. The molecule has 0 aliphatic rings. The number of amides is 1. The van der Waals surface area contributed by atoms with Crippen LogP contribution in [0.1, 0.15) is 22.8 Å². The van der Waals surface area contributed by atoms with Gasteiger partial charge in [-0.1, -0.05) is 35.3 Å². The van der Waals surface area contributed by atoms with Crippen LogP contribution in [0.5, 0.6) is 0 Å². The van der Waals surface area contributed by atoms with E-state index >= 15 is 0 Å². The summed E-state index contributed by atoms with van der Waals surface area (Å²) in [6, 6.07) is 12.9. The van der Waals surface area contributed by atoms with Gasteiger partial charge in [0.05, 0.1) is 5.56 Å². The number of benzene rings is 2. The van der Waals surface area contributed by atoms with Crippen molar-refractivity contribution in [2.75, 3.05) is 0 Å². The molecule has 0 bridgehead atoms. The molecule has 21 heavy (non-hydrogen) atoms. The van der Waals surface area contributed by atoms with Gasteiger partial charge >= 0.3 is 0 Å². The van der Waals surface area contributed by atoms with E-state index in [0.717, 1.165) is 15.6 Å². The highest BCUT2D eigenvalue weighted by Crippen LogP contribution is 2.18. The molecule has 2 aromatic rings. The van der Waals surface area contributed by atoms with E-state index in [9.17, 15) is 4.79 Å². The van der Waals surface area contributed by atoms with Crippen LogP contribution in [0.3, 0.4) is 0 Å². The first kappa shape index (κ1) is 16.6. The molecule has 0 heterocycles. The average molecular weight is 434 g/mol. The molecule has 1 unspecified atom stereocenters. The Morgan fingerprint density at radius 1 is 1.19 bits per heavy atom. The third kappa shape index (κ3) is 4.87. The summed E-state index contributed by atoms with van der Waals surface area (Å²) in [5.74, 6) is -0.114. The molecule has 0 saturated heterocycles. The van der Waals surface area contributed by atoms with Crippen LogP contribution in [-0.2, 0) is 6.42 Å². The third-order valence-electron chi connectivity index (χ3n) is 2.98. The molecule has 0 fully saturated rings. The zero-order chi connectivity index (χ0) is 15.4. The van der Waals surface area contributed by atoms with Crippen molar-refractivity contribution in [3.05, 3.63) is 67.2 Å². The summed E-state index contributed by atoms with van der Waals surface area (Å²) >= 11 is 14.0. The summed E-state index contributed by atoms with van der Waals surface area (Å²) in [6.45, 7) is 1.97. The first-order valence-electron chi connectivity index (χ1n) is 6.46. The van der Waals surface area contributed by atoms with Gasteiger partial charge in [0.2, 0.25) is 0 Å². The van der Waals surface area contributed by atoms with Crippen molar-refractivity contribution < 1.29 is 4.79 Å². The second-order valence-corrected chi connectivity index (χ2v) is 6.87. The highest BCUT2D eigenvalue weighted by Gasteiger charge is 2.13. The van der Waals surface area contributed by atoms with E-state index in [1.807, 2.05) is 37.3 Å². The molecule has 110 valence electrons. The standard InChI is InChI=1S/C16H14Cl2INO/c1-10(7-11-3-2-4-12(17)8-11)20-16(21)14-9-13(18)5-6-15(14)19/h2-6,8-10H,7H2,1H3,(H,20,21). The Morgan fingerprint density at radius 3 is 2.62 bits per heavy atom. The van der Waals surface area contributed by atoms with Gasteiger partial charge in [-0.3, -0.25) is 4.79 Å². The summed E-state index contributed by atoms with van der Waals surface area (Å²) < 4.78 is 0.879. The van der Waals surface area contributed by atoms with Crippen LogP contribution in [0.15, 0.2) is 42.5 Å². The maximum Gasteiger partial charge on any atom is 0.252 e. The molecular formula is C16H14Cl2INO. The Hall–Kier alpha value is -0.780. The molecule has 2 nitrogen and oxygen atoms in total. The smallest absolute Gasteiger partial charge is 0.252 e. The molecule has 1 N–H and O–H groups in total. The number of halogens is 3. The molecule has 0 aliphatic heterocycles. The number of rotatable bonds is 4. The highest BCUT2D eigenvalue weighted by atomic mass is 127. The minimum atomic E-state index is -0.114. The van der Waals surface area contributed by atoms with E-state index in [1.54, 1.807) is 12.1 Å². The lowest BCUT2D eigenvalue weighted by Gasteiger charge is -2.15. The summed E-state index contributed by atoms with van der Waals surface area (Å²) in [7, 11) is 0. The number of hydrogen-bond donors (Lipinski definition) is 1. The number of nitrogens with one attached hydrogen (secondary N) is 1. The van der Waals surface area contributed by atoms with Gasteiger partial charge in [0.1, 0.15) is 0 Å². The first-order valence-corrected chi connectivity index (χ1v) is 8.29. The number of carbonyl (C=O) groups is 1. The van der Waals surface area contributed by atoms with Crippen molar-refractivity contribution in [3.8, 4) is 0 Å². The van der Waals surface area contributed by atoms with Crippen molar-refractivity contribution in [2.45, 2.75) is 19.4 Å². The van der Waals surface area contributed by atoms with Crippen LogP contribution < -0.4 is 5.32 Å². The zero-order valence-corrected chi connectivity index (χ0v) is 15.0. The topological polar surface area (TPSA) is 29.1 Å². The second kappa shape index (κ2) is 7.47. The normalized spacial score (nSPS) is 12.0. The summed E-state index contributed by atoms with van der Waals surface area (Å²) in [4.78, 5) is 12.3. The van der Waals surface area contributed by atoms with Crippen molar-refractivity contribution in [1.82, 2.24) is 5.32 Å². The molecule has 2 rings (SSSR count). The van der Waals surface area contributed by atoms with E-state index in [1.165, 1.54) is 0 Å². The van der Waals surface area contributed by atoms with Crippen molar-refractivity contribution >= 4 is 51.7 Å². The summed E-state index contributed by atoms with van der Waals surface area (Å²) in [5, 5.41) is 4.25. The molecule has 0 aromatic heterocycles. The fraction of sp³-hybridized carbons (Fsp3) is 0.188. The quantitative estimate of drug-likeness (QED) is 0.678. The fourth-order valence-electron chi connectivity index (χ4n) is 2.04. The molecule has 0 radical (unpaired) electrons. The molecule has 0 aliphatic carbocycles. The molecule has 0 spiro atoms. The Labute approximate surface area is 148 Å². The van der Waals surface area contributed by atoms with E-state index in [2.05, 4.69) is 27.9 Å². The summed E-state index contributed by atoms with van der Waals surface area (Å²) in [5.41, 5.74) is 1.69. The van der Waals surface area contributed by atoms with E-state index in [4.69, 9.17) is 23.2 Å². The monoisotopic (exact) mass is 433 g/mol. The Morgan fingerprint density at radius 2 is 1.90 bits per heavy atom. The van der Waals surface area contributed by atoms with E-state index in [0.29, 0.717) is 15.6 Å². The van der Waals surface area contributed by atoms with Gasteiger partial charge in [-0.05, 0) is 71.8 Å². The van der Waals surface area contributed by atoms with Crippen LogP contribution in [0.4, 0.5) is 0 Å². The molecular weight excluding hydrogens is 420 g/mol. The van der Waals surface area contributed by atoms with Gasteiger partial charge in [-0.15, -0.1) is 0 Å². The van der Waals surface area contributed by atoms with Gasteiger partial charge in [0, 0.05) is 19.7 Å². The first-order chi connectivity index (χ1) is 9.95. The van der Waals surface area contributed by atoms with Crippen LogP contribution in [0.2, 0.25) is 10.0 Å². The zero-order valence-electron chi connectivity index (χ0n) is 11.4. The van der Waals surface area contributed by atoms with Crippen molar-refractivity contribution in [1.29, 1.82) is 0 Å². The average Bonchev–Trinajstić information content (AvgIpc) is 2.41. The second-order valence-electron chi connectivity index (χ2n) is 4.83. The third-order valence-corrected chi connectivity index (χ3v) is 4.39. The number of hydrogen-bond acceptors (Lipinski definition) is 1. The van der Waals surface area contributed by atoms with Gasteiger partial charge in [0.25, 0.3) is 5.91 Å². The Balaban J connectivity index is 2.03. The number of carbonyl (C=O) groups excluding carboxylic acids is 1. The predicted octanol–water partition coefficient (Wildman–Crippen LogP) is 4.96. The van der Waals surface area contributed by atoms with Crippen molar-refractivity contribution in [3.63, 3.8) is 0 Å². The van der Waals surface area contributed by atoms with Crippen LogP contribution in [-0.4, -0.2) is 11.9 Å². The van der Waals surface area contributed by atoms with Gasteiger partial charge in [-0.25, -0.2) is 0 Å².